The molecule has 1 aliphatic rings. The normalized spacial score (nSPS) is 17.7. The largest absolute Gasteiger partial charge is 0.493 e. The van der Waals surface area contributed by atoms with Crippen molar-refractivity contribution in [3.8, 4) is 17.2 Å². The topological polar surface area (TPSA) is 75.3 Å². The van der Waals surface area contributed by atoms with Gasteiger partial charge in [0.25, 0.3) is 5.91 Å². The second-order valence-corrected chi connectivity index (χ2v) is 4.73. The van der Waals surface area contributed by atoms with Crippen LogP contribution < -0.4 is 19.7 Å². The van der Waals surface area contributed by atoms with Gasteiger partial charge in [-0.05, 0) is 25.0 Å². The molecule has 1 unspecified atom stereocenters. The fourth-order valence-corrected chi connectivity index (χ4v) is 2.26. The first-order chi connectivity index (χ1) is 10.7. The van der Waals surface area contributed by atoms with E-state index in [1.165, 1.54) is 21.3 Å². The molecule has 22 heavy (non-hydrogen) atoms. The number of ether oxygens (including phenoxy) is 4. The highest BCUT2D eigenvalue weighted by Gasteiger charge is 2.22. The van der Waals surface area contributed by atoms with Gasteiger partial charge < -0.3 is 18.9 Å². The van der Waals surface area contributed by atoms with Crippen molar-refractivity contribution in [2.24, 2.45) is 0 Å². The number of carbonyl (C=O) groups is 1. The van der Waals surface area contributed by atoms with Crippen LogP contribution in [0.3, 0.4) is 0 Å². The zero-order chi connectivity index (χ0) is 15.9. The van der Waals surface area contributed by atoms with Gasteiger partial charge in [0.15, 0.2) is 17.8 Å². The molecule has 0 aromatic heterocycles. The maximum Gasteiger partial charge on any atom is 0.278 e. The monoisotopic (exact) mass is 311 g/mol. The Morgan fingerprint density at radius 1 is 1.14 bits per heavy atom. The molecule has 1 aromatic rings. The highest BCUT2D eigenvalue weighted by Crippen LogP contribution is 2.39. The lowest BCUT2D eigenvalue weighted by Gasteiger charge is -2.22. The molecule has 0 aliphatic carbocycles. The van der Waals surface area contributed by atoms with E-state index in [4.69, 9.17) is 23.8 Å². The smallest absolute Gasteiger partial charge is 0.278 e. The lowest BCUT2D eigenvalue weighted by Crippen LogP contribution is -2.33. The molecule has 0 saturated carbocycles. The predicted molar refractivity (Wildman–Crippen MR) is 78.2 cm³/mol. The molecule has 122 valence electrons. The van der Waals surface area contributed by atoms with Crippen molar-refractivity contribution in [1.29, 1.82) is 0 Å². The molecule has 0 spiro atoms. The van der Waals surface area contributed by atoms with Crippen LogP contribution in [0.2, 0.25) is 0 Å². The summed E-state index contributed by atoms with van der Waals surface area (Å²) in [6.07, 6.45) is 2.37. The summed E-state index contributed by atoms with van der Waals surface area (Å²) in [5.41, 5.74) is 2.68. The fourth-order valence-electron chi connectivity index (χ4n) is 2.26. The Bertz CT molecular complexity index is 513. The zero-order valence-electron chi connectivity index (χ0n) is 13.0. The van der Waals surface area contributed by atoms with Crippen LogP contribution in [-0.4, -0.2) is 40.1 Å². The van der Waals surface area contributed by atoms with Gasteiger partial charge in [0, 0.05) is 13.0 Å². The maximum absolute atomic E-state index is 12.3. The third-order valence-corrected chi connectivity index (χ3v) is 3.37. The Morgan fingerprint density at radius 3 is 2.50 bits per heavy atom. The van der Waals surface area contributed by atoms with Crippen molar-refractivity contribution in [1.82, 2.24) is 5.48 Å². The number of carbonyl (C=O) groups excluding carboxylic acids is 1. The van der Waals surface area contributed by atoms with E-state index in [0.29, 0.717) is 18.1 Å². The molecule has 0 bridgehead atoms. The minimum atomic E-state index is -0.438. The molecule has 1 fully saturated rings. The Balaban J connectivity index is 2.11. The lowest BCUT2D eigenvalue weighted by atomic mass is 10.1. The van der Waals surface area contributed by atoms with Gasteiger partial charge in [-0.15, -0.1) is 0 Å². The first-order valence-corrected chi connectivity index (χ1v) is 7.07. The molecule has 1 atom stereocenters. The Hall–Kier alpha value is -1.99. The molecule has 1 aromatic carbocycles. The minimum Gasteiger partial charge on any atom is -0.493 e. The van der Waals surface area contributed by atoms with E-state index in [1.807, 2.05) is 0 Å². The molecule has 1 saturated heterocycles. The van der Waals surface area contributed by atoms with E-state index < -0.39 is 12.2 Å². The second kappa shape index (κ2) is 7.86. The van der Waals surface area contributed by atoms with E-state index in [2.05, 4.69) is 5.48 Å². The van der Waals surface area contributed by atoms with Gasteiger partial charge in [0.05, 0.1) is 26.9 Å². The SMILES string of the molecule is COc1ccc(C(=O)NOC2CCCCO2)c(OC)c1OC. The third kappa shape index (κ3) is 3.61. The van der Waals surface area contributed by atoms with Crippen molar-refractivity contribution in [2.45, 2.75) is 25.6 Å². The van der Waals surface area contributed by atoms with Gasteiger partial charge in [-0.1, -0.05) is 0 Å². The number of nitrogens with one attached hydrogen (secondary N) is 1. The van der Waals surface area contributed by atoms with Gasteiger partial charge in [-0.25, -0.2) is 10.3 Å². The molecule has 1 N–H and O–H groups in total. The molecular weight excluding hydrogens is 290 g/mol. The first kappa shape index (κ1) is 16.4. The summed E-state index contributed by atoms with van der Waals surface area (Å²) in [5.74, 6) is 0.679. The maximum atomic E-state index is 12.3. The summed E-state index contributed by atoms with van der Waals surface area (Å²) in [6, 6.07) is 3.22. The Kier molecular flexibility index (Phi) is 5.85. The molecule has 1 aliphatic heterocycles. The van der Waals surface area contributed by atoms with Crippen LogP contribution in [0, 0.1) is 0 Å². The van der Waals surface area contributed by atoms with Crippen LogP contribution in [0.5, 0.6) is 17.2 Å². The van der Waals surface area contributed by atoms with E-state index in [0.717, 1.165) is 19.3 Å². The predicted octanol–water partition coefficient (Wildman–Crippen LogP) is 1.90. The second-order valence-electron chi connectivity index (χ2n) is 4.73. The third-order valence-electron chi connectivity index (χ3n) is 3.37. The van der Waals surface area contributed by atoms with E-state index in [1.54, 1.807) is 12.1 Å². The van der Waals surface area contributed by atoms with Gasteiger partial charge in [0.1, 0.15) is 0 Å². The lowest BCUT2D eigenvalue weighted by molar-refractivity contribution is -0.186. The van der Waals surface area contributed by atoms with Gasteiger partial charge in [-0.3, -0.25) is 4.79 Å². The average Bonchev–Trinajstić information content (AvgIpc) is 2.58. The summed E-state index contributed by atoms with van der Waals surface area (Å²) in [4.78, 5) is 17.5. The van der Waals surface area contributed by atoms with Crippen molar-refractivity contribution >= 4 is 5.91 Å². The summed E-state index contributed by atoms with van der Waals surface area (Å²) in [5, 5.41) is 0. The highest BCUT2D eigenvalue weighted by atomic mass is 16.8. The van der Waals surface area contributed by atoms with Crippen LogP contribution in [0.1, 0.15) is 29.6 Å². The molecular formula is C15H21NO6. The summed E-state index contributed by atoms with van der Waals surface area (Å²) in [6.45, 7) is 0.639. The molecule has 7 nitrogen and oxygen atoms in total. The first-order valence-electron chi connectivity index (χ1n) is 7.07. The van der Waals surface area contributed by atoms with Crippen LogP contribution in [0.25, 0.3) is 0 Å². The number of hydrogen-bond donors (Lipinski definition) is 1. The fraction of sp³-hybridized carbons (Fsp3) is 0.533. The number of rotatable bonds is 6. The highest BCUT2D eigenvalue weighted by molar-refractivity contribution is 5.97. The van der Waals surface area contributed by atoms with E-state index in [9.17, 15) is 4.79 Å². The zero-order valence-corrected chi connectivity index (χ0v) is 13.0. The number of benzene rings is 1. The number of amides is 1. The number of methoxy groups -OCH3 is 3. The van der Waals surface area contributed by atoms with Crippen LogP contribution >= 0.6 is 0 Å². The minimum absolute atomic E-state index is 0.285. The number of hydroxylamine groups is 1. The van der Waals surface area contributed by atoms with Crippen LogP contribution in [-0.2, 0) is 9.57 Å². The molecule has 1 amide bonds. The summed E-state index contributed by atoms with van der Waals surface area (Å²) in [7, 11) is 4.45. The number of hydrogen-bond acceptors (Lipinski definition) is 6. The van der Waals surface area contributed by atoms with E-state index in [-0.39, 0.29) is 11.3 Å². The van der Waals surface area contributed by atoms with Crippen molar-refractivity contribution in [3.05, 3.63) is 17.7 Å². The molecule has 7 heteroatoms. The van der Waals surface area contributed by atoms with E-state index >= 15 is 0 Å². The van der Waals surface area contributed by atoms with Gasteiger partial charge in [0.2, 0.25) is 5.75 Å². The molecule has 0 radical (unpaired) electrons. The van der Waals surface area contributed by atoms with Crippen molar-refractivity contribution < 1.29 is 28.6 Å². The Morgan fingerprint density at radius 2 is 1.91 bits per heavy atom. The quantitative estimate of drug-likeness (QED) is 0.809. The van der Waals surface area contributed by atoms with Gasteiger partial charge in [-0.2, -0.15) is 0 Å². The summed E-state index contributed by atoms with van der Waals surface area (Å²) < 4.78 is 21.1. The van der Waals surface area contributed by atoms with Crippen LogP contribution in [0.15, 0.2) is 12.1 Å². The summed E-state index contributed by atoms with van der Waals surface area (Å²) >= 11 is 0. The van der Waals surface area contributed by atoms with Crippen LogP contribution in [0.4, 0.5) is 0 Å². The standard InChI is InChI=1S/C15H21NO6/c1-18-11-8-7-10(13(19-2)14(11)20-3)15(17)16-22-12-6-4-5-9-21-12/h7-8,12H,4-6,9H2,1-3H3,(H,16,17). The molecule has 1 heterocycles. The molecule has 2 rings (SSSR count). The Labute approximate surface area is 129 Å². The van der Waals surface area contributed by atoms with Crippen molar-refractivity contribution in [3.63, 3.8) is 0 Å². The average molecular weight is 311 g/mol. The van der Waals surface area contributed by atoms with Gasteiger partial charge >= 0.3 is 0 Å². The van der Waals surface area contributed by atoms with Crippen molar-refractivity contribution in [2.75, 3.05) is 27.9 Å².